The number of aliphatic hydroxyl groups is 1. The molecule has 0 saturated carbocycles. The minimum Gasteiger partial charge on any atom is -0.465 e. The highest BCUT2D eigenvalue weighted by molar-refractivity contribution is 7.52. The molecule has 5 rings (SSSR count). The number of benzene rings is 2. The lowest BCUT2D eigenvalue weighted by Gasteiger charge is -2.30. The third-order valence-electron chi connectivity index (χ3n) is 11.7. The molecule has 1 aliphatic heterocycles. The number of halogens is 3. The van der Waals surface area contributed by atoms with Gasteiger partial charge in [0.15, 0.2) is 22.6 Å². The van der Waals surface area contributed by atoms with Gasteiger partial charge in [-0.1, -0.05) is 147 Å². The molecule has 4 N–H and O–H groups in total. The molecule has 3 heterocycles. The van der Waals surface area contributed by atoms with Crippen molar-refractivity contribution in [3.05, 3.63) is 78.1 Å². The van der Waals surface area contributed by atoms with Gasteiger partial charge in [0.25, 0.3) is 0 Å². The predicted molar refractivity (Wildman–Crippen MR) is 244 cm³/mol. The molecule has 0 aliphatic carbocycles. The fourth-order valence-corrected chi connectivity index (χ4v) is 9.55. The van der Waals surface area contributed by atoms with Crippen molar-refractivity contribution in [1.82, 2.24) is 24.6 Å². The molecule has 65 heavy (non-hydrogen) atoms. The van der Waals surface area contributed by atoms with E-state index in [0.717, 1.165) is 37.8 Å². The number of rotatable bonds is 31. The van der Waals surface area contributed by atoms with Crippen LogP contribution in [0.3, 0.4) is 0 Å². The second-order valence-electron chi connectivity index (χ2n) is 16.9. The van der Waals surface area contributed by atoms with Crippen molar-refractivity contribution in [2.45, 2.75) is 166 Å². The summed E-state index contributed by atoms with van der Waals surface area (Å²) < 4.78 is 82.4. The summed E-state index contributed by atoms with van der Waals surface area (Å²) in [6.07, 6.45) is 26.3. The Bertz CT molecular complexity index is 2140. The summed E-state index contributed by atoms with van der Waals surface area (Å²) in [5.74, 6) is -0.348. The minimum atomic E-state index is -4.69. The van der Waals surface area contributed by atoms with Gasteiger partial charge in [-0.15, -0.1) is 6.42 Å². The summed E-state index contributed by atoms with van der Waals surface area (Å²) in [5, 5.41) is 13.9. The van der Waals surface area contributed by atoms with Crippen molar-refractivity contribution in [2.24, 2.45) is 0 Å². The SMILES string of the molecule is C#C[C@]1(COP(=O)(N[C@@H](Cc2cc(F)cc(F)c2)C(=O)OCCCCCCCCCCCCCCCCCCCCC)Oc2ccccc2)O[C@@H](n2cnc3c(N)nc(F)nc32)C[C@@H]1O. The molecule has 0 spiro atoms. The molecule has 2 aromatic heterocycles. The average molecular weight is 927 g/mol. The Balaban J connectivity index is 1.14. The van der Waals surface area contributed by atoms with Gasteiger partial charge in [0, 0.05) is 12.5 Å². The van der Waals surface area contributed by atoms with Gasteiger partial charge in [-0.3, -0.25) is 13.9 Å². The topological polar surface area (TPSA) is 173 Å². The van der Waals surface area contributed by atoms with Crippen LogP contribution >= 0.6 is 7.75 Å². The zero-order valence-electron chi connectivity index (χ0n) is 37.6. The number of carbonyl (C=O) groups excluding carboxylic acids is 1. The number of ether oxygens (including phenoxy) is 2. The van der Waals surface area contributed by atoms with Gasteiger partial charge in [0.2, 0.25) is 0 Å². The number of unbranched alkanes of at least 4 members (excludes halogenated alkanes) is 18. The molecule has 2 aromatic carbocycles. The largest absolute Gasteiger partial charge is 0.465 e. The van der Waals surface area contributed by atoms with Crippen LogP contribution in [0.4, 0.5) is 19.0 Å². The monoisotopic (exact) mass is 926 g/mol. The Morgan fingerprint density at radius 1 is 0.923 bits per heavy atom. The number of nitrogens with one attached hydrogen (secondary N) is 1. The highest BCUT2D eigenvalue weighted by Crippen LogP contribution is 2.48. The van der Waals surface area contributed by atoms with E-state index in [1.807, 2.05) is 0 Å². The predicted octanol–water partition coefficient (Wildman–Crippen LogP) is 10.9. The number of aromatic nitrogens is 4. The summed E-state index contributed by atoms with van der Waals surface area (Å²) in [4.78, 5) is 25.1. The maximum atomic E-state index is 14.8. The zero-order valence-corrected chi connectivity index (χ0v) is 38.5. The van der Waals surface area contributed by atoms with Gasteiger partial charge >= 0.3 is 19.8 Å². The number of nitrogens with two attached hydrogens (primary N) is 1. The number of hydrogen-bond acceptors (Lipinski definition) is 11. The van der Waals surface area contributed by atoms with Crippen LogP contribution in [0.5, 0.6) is 5.75 Å². The standard InChI is InChI=1S/C48H66F3N6O7P/c1-3-5-6-7-8-9-10-11-12-13-14-15-16-17-18-19-20-21-25-28-61-46(59)40(31-36-29-37(49)32-38(50)30-36)56-65(60,64-39-26-23-22-24-27-39)62-34-48(4-2)41(58)33-42(63-48)57-35-53-43-44(52)54-47(51)55-45(43)57/h2,22-24,26-27,29-30,32,35,40-42,58H,3,5-21,25,28,31,33-34H2,1H3,(H,56,60)(H2,52,54,55)/t40-,41-,42+,48+,65?/m0/s1. The van der Waals surface area contributed by atoms with Crippen LogP contribution in [0, 0.1) is 30.1 Å². The Morgan fingerprint density at radius 3 is 2.06 bits per heavy atom. The van der Waals surface area contributed by atoms with E-state index >= 15 is 0 Å². The highest BCUT2D eigenvalue weighted by atomic mass is 31.2. The number of para-hydroxylation sites is 1. The number of imidazole rings is 1. The fourth-order valence-electron chi connectivity index (χ4n) is 8.03. The van der Waals surface area contributed by atoms with Crippen LogP contribution in [0.25, 0.3) is 11.2 Å². The molecular weight excluding hydrogens is 861 g/mol. The minimum absolute atomic E-state index is 0.0175. The van der Waals surface area contributed by atoms with Crippen LogP contribution in [0.1, 0.15) is 147 Å². The summed E-state index contributed by atoms with van der Waals surface area (Å²) in [6.45, 7) is 1.57. The Morgan fingerprint density at radius 2 is 1.49 bits per heavy atom. The van der Waals surface area contributed by atoms with E-state index in [9.17, 15) is 27.6 Å². The quantitative estimate of drug-likeness (QED) is 0.0144. The second kappa shape index (κ2) is 26.6. The van der Waals surface area contributed by atoms with Crippen molar-refractivity contribution < 1.29 is 46.2 Å². The van der Waals surface area contributed by atoms with E-state index in [2.05, 4.69) is 32.9 Å². The lowest BCUT2D eigenvalue weighted by molar-refractivity contribution is -0.146. The van der Waals surface area contributed by atoms with E-state index in [0.29, 0.717) is 12.5 Å². The first kappa shape index (κ1) is 51.5. The van der Waals surface area contributed by atoms with Crippen molar-refractivity contribution in [1.29, 1.82) is 0 Å². The van der Waals surface area contributed by atoms with Crippen molar-refractivity contribution in [3.63, 3.8) is 0 Å². The number of carbonyl (C=O) groups is 1. The van der Waals surface area contributed by atoms with Gasteiger partial charge in [0.1, 0.15) is 42.4 Å². The van der Waals surface area contributed by atoms with Crippen molar-refractivity contribution >= 4 is 30.7 Å². The van der Waals surface area contributed by atoms with Gasteiger partial charge in [-0.25, -0.2) is 18.3 Å². The van der Waals surface area contributed by atoms with Crippen LogP contribution in [0.15, 0.2) is 54.9 Å². The normalized spacial score (nSPS) is 18.6. The molecule has 0 amide bonds. The second-order valence-corrected chi connectivity index (χ2v) is 18.6. The van der Waals surface area contributed by atoms with Gasteiger partial charge < -0.3 is 24.8 Å². The van der Waals surface area contributed by atoms with E-state index < -0.39 is 62.0 Å². The van der Waals surface area contributed by atoms with E-state index in [1.165, 1.54) is 113 Å². The third-order valence-corrected chi connectivity index (χ3v) is 13.2. The number of esters is 1. The fraction of sp³-hybridized carbons (Fsp3) is 0.583. The summed E-state index contributed by atoms with van der Waals surface area (Å²) >= 11 is 0. The van der Waals surface area contributed by atoms with Crippen LogP contribution in [0.2, 0.25) is 0 Å². The third kappa shape index (κ3) is 16.4. The maximum absolute atomic E-state index is 14.8. The smallest absolute Gasteiger partial charge is 0.459 e. The van der Waals surface area contributed by atoms with Crippen LogP contribution < -0.4 is 15.3 Å². The van der Waals surface area contributed by atoms with Gasteiger partial charge in [-0.05, 0) is 42.7 Å². The molecule has 1 saturated heterocycles. The van der Waals surface area contributed by atoms with Gasteiger partial charge in [0.05, 0.1) is 12.9 Å². The van der Waals surface area contributed by atoms with Crippen LogP contribution in [-0.2, 0) is 29.8 Å². The van der Waals surface area contributed by atoms with Crippen LogP contribution in [-0.4, -0.2) is 61.6 Å². The summed E-state index contributed by atoms with van der Waals surface area (Å²) in [5.41, 5.74) is 4.01. The first-order valence-electron chi connectivity index (χ1n) is 23.3. The molecule has 13 nitrogen and oxygen atoms in total. The first-order chi connectivity index (χ1) is 31.4. The van der Waals surface area contributed by atoms with E-state index in [1.54, 1.807) is 18.2 Å². The Labute approximate surface area is 381 Å². The number of terminal acetylenes is 1. The first-order valence-corrected chi connectivity index (χ1v) is 24.9. The number of hydrogen-bond donors (Lipinski definition) is 3. The molecule has 4 aromatic rings. The number of nitrogen functional groups attached to an aromatic ring is 1. The van der Waals surface area contributed by atoms with E-state index in [-0.39, 0.29) is 47.7 Å². The highest BCUT2D eigenvalue weighted by Gasteiger charge is 2.50. The lowest BCUT2D eigenvalue weighted by Crippen LogP contribution is -2.44. The molecule has 1 aliphatic rings. The number of anilines is 1. The van der Waals surface area contributed by atoms with Crippen molar-refractivity contribution in [3.8, 4) is 18.1 Å². The van der Waals surface area contributed by atoms with Gasteiger partial charge in [-0.2, -0.15) is 19.4 Å². The number of aliphatic hydroxyl groups excluding tert-OH is 1. The lowest BCUT2D eigenvalue weighted by atomic mass is 9.99. The average Bonchev–Trinajstić information content (AvgIpc) is 3.85. The summed E-state index contributed by atoms with van der Waals surface area (Å²) in [7, 11) is -4.69. The molecule has 0 bridgehead atoms. The van der Waals surface area contributed by atoms with E-state index in [4.69, 9.17) is 30.7 Å². The Kier molecular flexibility index (Phi) is 21.0. The molecule has 0 radical (unpaired) electrons. The zero-order chi connectivity index (χ0) is 46.5. The molecule has 1 fully saturated rings. The molecule has 17 heteroatoms. The molecule has 356 valence electrons. The molecular formula is C48H66F3N6O7P. The molecule has 1 unspecified atom stereocenters. The Hall–Kier alpha value is -4.52. The number of nitrogens with zero attached hydrogens (tertiary/aromatic N) is 4. The molecule has 5 atom stereocenters. The summed E-state index contributed by atoms with van der Waals surface area (Å²) in [6, 6.07) is 9.23. The maximum Gasteiger partial charge on any atom is 0.459 e. The van der Waals surface area contributed by atoms with Crippen molar-refractivity contribution in [2.75, 3.05) is 18.9 Å². The number of fused-ring (bicyclic) bond motifs is 1.